The Morgan fingerprint density at radius 2 is 1.87 bits per heavy atom. The number of carboxylic acid groups (broad SMARTS) is 1. The van der Waals surface area contributed by atoms with Crippen molar-refractivity contribution in [3.63, 3.8) is 0 Å². The Balaban J connectivity index is 2.30. The van der Waals surface area contributed by atoms with E-state index < -0.39 is 5.97 Å². The smallest absolute Gasteiger partial charge is 0.335 e. The third kappa shape index (κ3) is 7.30. The Hall–Kier alpha value is -2.57. The van der Waals surface area contributed by atoms with Gasteiger partial charge >= 0.3 is 18.0 Å². The van der Waals surface area contributed by atoms with Gasteiger partial charge in [-0.1, -0.05) is 12.1 Å². The molecule has 126 valence electrons. The summed E-state index contributed by atoms with van der Waals surface area (Å²) in [7, 11) is 0. The van der Waals surface area contributed by atoms with Crippen molar-refractivity contribution in [2.24, 2.45) is 0 Å². The number of carbonyl (C=O) groups is 3. The van der Waals surface area contributed by atoms with Gasteiger partial charge in [-0.25, -0.2) is 9.59 Å². The molecule has 0 saturated carbocycles. The molecule has 1 aromatic carbocycles. The minimum atomic E-state index is -0.988. The lowest BCUT2D eigenvalue weighted by atomic mass is 10.1. The normalized spacial score (nSPS) is 11.4. The highest BCUT2D eigenvalue weighted by molar-refractivity contribution is 5.87. The lowest BCUT2D eigenvalue weighted by molar-refractivity contribution is -0.143. The quantitative estimate of drug-likeness (QED) is 0.634. The number of rotatable bonds is 8. The number of carbonyl (C=O) groups excluding carboxylic acids is 2. The summed E-state index contributed by atoms with van der Waals surface area (Å²) >= 11 is 0. The maximum absolute atomic E-state index is 11.7. The van der Waals surface area contributed by atoms with Crippen molar-refractivity contribution in [1.29, 1.82) is 0 Å². The standard InChI is InChI=1S/C16H22N2O5/c1-3-23-14(19)9-4-11(2)18-16(22)17-10-12-5-7-13(8-6-12)15(20)21/h5-8,11H,3-4,9-10H2,1-2H3,(H,20,21)(H2,17,18,22). The van der Waals surface area contributed by atoms with Gasteiger partial charge in [-0.2, -0.15) is 0 Å². The highest BCUT2D eigenvalue weighted by Gasteiger charge is 2.10. The van der Waals surface area contributed by atoms with E-state index in [0.717, 1.165) is 5.56 Å². The van der Waals surface area contributed by atoms with Crippen LogP contribution in [0.25, 0.3) is 0 Å². The Morgan fingerprint density at radius 1 is 1.22 bits per heavy atom. The number of hydrogen-bond acceptors (Lipinski definition) is 4. The van der Waals surface area contributed by atoms with Crippen LogP contribution in [-0.4, -0.2) is 35.7 Å². The van der Waals surface area contributed by atoms with Gasteiger partial charge in [0.15, 0.2) is 0 Å². The lowest BCUT2D eigenvalue weighted by Gasteiger charge is -2.14. The molecule has 0 fully saturated rings. The van der Waals surface area contributed by atoms with Gasteiger partial charge < -0.3 is 20.5 Å². The number of benzene rings is 1. The van der Waals surface area contributed by atoms with Crippen LogP contribution in [0.3, 0.4) is 0 Å². The van der Waals surface area contributed by atoms with Crippen LogP contribution < -0.4 is 10.6 Å². The number of ether oxygens (including phenoxy) is 1. The summed E-state index contributed by atoms with van der Waals surface area (Å²) in [4.78, 5) is 33.7. The predicted molar refractivity (Wildman–Crippen MR) is 84.1 cm³/mol. The number of esters is 1. The van der Waals surface area contributed by atoms with Crippen molar-refractivity contribution in [3.8, 4) is 0 Å². The molecule has 0 radical (unpaired) electrons. The van der Waals surface area contributed by atoms with E-state index >= 15 is 0 Å². The average Bonchev–Trinajstić information content (AvgIpc) is 2.51. The van der Waals surface area contributed by atoms with Crippen LogP contribution in [0.1, 0.15) is 42.6 Å². The lowest BCUT2D eigenvalue weighted by Crippen LogP contribution is -2.40. The van der Waals surface area contributed by atoms with Gasteiger partial charge in [0.05, 0.1) is 12.2 Å². The summed E-state index contributed by atoms with van der Waals surface area (Å²) in [5.74, 6) is -1.27. The van der Waals surface area contributed by atoms with Gasteiger partial charge in [0.2, 0.25) is 0 Å². The molecule has 3 N–H and O–H groups in total. The summed E-state index contributed by atoms with van der Waals surface area (Å²) in [6, 6.07) is 5.76. The first-order valence-corrected chi connectivity index (χ1v) is 7.44. The number of urea groups is 1. The largest absolute Gasteiger partial charge is 0.478 e. The Kier molecular flexibility index (Phi) is 7.59. The molecule has 0 aliphatic rings. The zero-order valence-electron chi connectivity index (χ0n) is 13.3. The van der Waals surface area contributed by atoms with E-state index in [2.05, 4.69) is 10.6 Å². The fourth-order valence-corrected chi connectivity index (χ4v) is 1.86. The average molecular weight is 322 g/mol. The second-order valence-electron chi connectivity index (χ2n) is 5.07. The molecule has 1 aromatic rings. The first-order valence-electron chi connectivity index (χ1n) is 7.44. The predicted octanol–water partition coefficient (Wildman–Crippen LogP) is 1.92. The minimum absolute atomic E-state index is 0.159. The maximum atomic E-state index is 11.7. The van der Waals surface area contributed by atoms with E-state index in [-0.39, 0.29) is 36.6 Å². The molecule has 0 heterocycles. The van der Waals surface area contributed by atoms with E-state index in [1.807, 2.05) is 0 Å². The third-order valence-electron chi connectivity index (χ3n) is 3.12. The van der Waals surface area contributed by atoms with Gasteiger partial charge in [0, 0.05) is 19.0 Å². The van der Waals surface area contributed by atoms with Crippen molar-refractivity contribution < 1.29 is 24.2 Å². The summed E-state index contributed by atoms with van der Waals surface area (Å²) < 4.78 is 4.82. The molecule has 1 atom stereocenters. The highest BCUT2D eigenvalue weighted by Crippen LogP contribution is 2.04. The summed E-state index contributed by atoms with van der Waals surface area (Å²) in [5, 5.41) is 14.2. The Bertz CT molecular complexity index is 542. The van der Waals surface area contributed by atoms with Crippen LogP contribution in [0.15, 0.2) is 24.3 Å². The molecule has 7 nitrogen and oxygen atoms in total. The molecule has 1 unspecified atom stereocenters. The van der Waals surface area contributed by atoms with Crippen LogP contribution in [0.4, 0.5) is 4.79 Å². The van der Waals surface area contributed by atoms with Gasteiger partial charge in [-0.05, 0) is 38.0 Å². The second kappa shape index (κ2) is 9.45. The third-order valence-corrected chi connectivity index (χ3v) is 3.12. The van der Waals surface area contributed by atoms with E-state index in [1.54, 1.807) is 26.0 Å². The molecule has 0 aliphatic heterocycles. The fourth-order valence-electron chi connectivity index (χ4n) is 1.86. The molecule has 23 heavy (non-hydrogen) atoms. The molecule has 0 aliphatic carbocycles. The van der Waals surface area contributed by atoms with E-state index in [1.165, 1.54) is 12.1 Å². The minimum Gasteiger partial charge on any atom is -0.478 e. The van der Waals surface area contributed by atoms with Gasteiger partial charge in [-0.15, -0.1) is 0 Å². The first-order chi connectivity index (χ1) is 10.9. The molecule has 7 heteroatoms. The van der Waals surface area contributed by atoms with Crippen LogP contribution in [0, 0.1) is 0 Å². The number of amides is 2. The molecular formula is C16H22N2O5. The van der Waals surface area contributed by atoms with Crippen LogP contribution >= 0.6 is 0 Å². The molecule has 1 rings (SSSR count). The summed E-state index contributed by atoms with van der Waals surface area (Å²) in [6.45, 7) is 4.19. The second-order valence-corrected chi connectivity index (χ2v) is 5.07. The Labute approximate surface area is 135 Å². The number of aromatic carboxylic acids is 1. The zero-order valence-corrected chi connectivity index (χ0v) is 13.3. The van der Waals surface area contributed by atoms with Gasteiger partial charge in [-0.3, -0.25) is 4.79 Å². The molecule has 0 aromatic heterocycles. The molecule has 0 saturated heterocycles. The van der Waals surface area contributed by atoms with Crippen molar-refractivity contribution in [2.75, 3.05) is 6.61 Å². The topological polar surface area (TPSA) is 105 Å². The maximum Gasteiger partial charge on any atom is 0.335 e. The number of nitrogens with one attached hydrogen (secondary N) is 2. The van der Waals surface area contributed by atoms with Crippen molar-refractivity contribution >= 4 is 18.0 Å². The molecule has 0 spiro atoms. The zero-order chi connectivity index (χ0) is 17.2. The van der Waals surface area contributed by atoms with Crippen LogP contribution in [-0.2, 0) is 16.1 Å². The number of carboxylic acids is 1. The summed E-state index contributed by atoms with van der Waals surface area (Å²) in [6.07, 6.45) is 0.755. The van der Waals surface area contributed by atoms with E-state index in [0.29, 0.717) is 13.0 Å². The van der Waals surface area contributed by atoms with Crippen molar-refractivity contribution in [2.45, 2.75) is 39.3 Å². The molecule has 2 amide bonds. The van der Waals surface area contributed by atoms with Crippen LogP contribution in [0.2, 0.25) is 0 Å². The highest BCUT2D eigenvalue weighted by atomic mass is 16.5. The summed E-state index contributed by atoms with van der Waals surface area (Å²) in [5.41, 5.74) is 0.995. The van der Waals surface area contributed by atoms with Crippen molar-refractivity contribution in [1.82, 2.24) is 10.6 Å². The fraction of sp³-hybridized carbons (Fsp3) is 0.438. The van der Waals surface area contributed by atoms with Gasteiger partial charge in [0.25, 0.3) is 0 Å². The number of hydrogen-bond donors (Lipinski definition) is 3. The molecule has 0 bridgehead atoms. The Morgan fingerprint density at radius 3 is 2.43 bits per heavy atom. The van der Waals surface area contributed by atoms with E-state index in [4.69, 9.17) is 9.84 Å². The monoisotopic (exact) mass is 322 g/mol. The van der Waals surface area contributed by atoms with Gasteiger partial charge in [0.1, 0.15) is 0 Å². The van der Waals surface area contributed by atoms with E-state index in [9.17, 15) is 14.4 Å². The van der Waals surface area contributed by atoms with Crippen molar-refractivity contribution in [3.05, 3.63) is 35.4 Å². The van der Waals surface area contributed by atoms with Crippen LogP contribution in [0.5, 0.6) is 0 Å². The molecular weight excluding hydrogens is 300 g/mol. The SMILES string of the molecule is CCOC(=O)CCC(C)NC(=O)NCc1ccc(C(=O)O)cc1. The first kappa shape index (κ1) is 18.5.